The second-order valence-electron chi connectivity index (χ2n) is 5.65. The molecule has 0 saturated carbocycles. The molecular weight excluding hydrogens is 228 g/mol. The molecule has 19 heavy (non-hydrogen) atoms. The second-order valence-corrected chi connectivity index (χ2v) is 5.65. The molecule has 0 aliphatic carbocycles. The van der Waals surface area contributed by atoms with Gasteiger partial charge in [0.05, 0.1) is 0 Å². The summed E-state index contributed by atoms with van der Waals surface area (Å²) in [6, 6.07) is 0. The summed E-state index contributed by atoms with van der Waals surface area (Å²) in [6.07, 6.45) is 24.2. The molecule has 0 heteroatoms. The molecule has 0 spiro atoms. The molecule has 0 radical (unpaired) electrons. The van der Waals surface area contributed by atoms with Crippen LogP contribution in [0.2, 0.25) is 0 Å². The van der Waals surface area contributed by atoms with Gasteiger partial charge in [-0.15, -0.1) is 0 Å². The summed E-state index contributed by atoms with van der Waals surface area (Å²) >= 11 is 0. The molecule has 0 fully saturated rings. The maximum absolute atomic E-state index is 2.42. The lowest BCUT2D eigenvalue weighted by Gasteiger charge is -2.08. The standard InChI is InChI=1S/C19H36/c1-4-7-9-10-11-12-13-14-16-18-19(6-3)17-15-8-5-2/h8,14-16,19H,4-7,9-13,17-18H2,1-3H3. The summed E-state index contributed by atoms with van der Waals surface area (Å²) in [6.45, 7) is 6.80. The molecule has 0 nitrogen and oxygen atoms in total. The van der Waals surface area contributed by atoms with E-state index in [9.17, 15) is 0 Å². The van der Waals surface area contributed by atoms with E-state index in [1.165, 1.54) is 70.6 Å². The minimum absolute atomic E-state index is 0.851. The van der Waals surface area contributed by atoms with Crippen LogP contribution in [0.4, 0.5) is 0 Å². The Kier molecular flexibility index (Phi) is 15.1. The van der Waals surface area contributed by atoms with Crippen molar-refractivity contribution in [3.05, 3.63) is 24.3 Å². The highest BCUT2D eigenvalue weighted by Gasteiger charge is 2.00. The topological polar surface area (TPSA) is 0 Å². The quantitative estimate of drug-likeness (QED) is 0.246. The minimum atomic E-state index is 0.851. The van der Waals surface area contributed by atoms with E-state index in [1.54, 1.807) is 0 Å². The van der Waals surface area contributed by atoms with Crippen LogP contribution in [-0.4, -0.2) is 0 Å². The highest BCUT2D eigenvalue weighted by molar-refractivity contribution is 4.88. The summed E-state index contributed by atoms with van der Waals surface area (Å²) in [5.74, 6) is 0.851. The lowest BCUT2D eigenvalue weighted by Crippen LogP contribution is -1.94. The first-order valence-corrected chi connectivity index (χ1v) is 8.65. The molecule has 0 aliphatic rings. The summed E-state index contributed by atoms with van der Waals surface area (Å²) < 4.78 is 0. The summed E-state index contributed by atoms with van der Waals surface area (Å²) in [4.78, 5) is 0. The van der Waals surface area contributed by atoms with Gasteiger partial charge in [0.25, 0.3) is 0 Å². The molecule has 112 valence electrons. The maximum Gasteiger partial charge on any atom is -0.0319 e. The zero-order valence-corrected chi connectivity index (χ0v) is 13.7. The highest BCUT2D eigenvalue weighted by Crippen LogP contribution is 2.15. The van der Waals surface area contributed by atoms with Crippen LogP contribution in [0.25, 0.3) is 0 Å². The van der Waals surface area contributed by atoms with Gasteiger partial charge < -0.3 is 0 Å². The van der Waals surface area contributed by atoms with Crippen molar-refractivity contribution in [1.82, 2.24) is 0 Å². The van der Waals surface area contributed by atoms with Gasteiger partial charge in [0.15, 0.2) is 0 Å². The Morgan fingerprint density at radius 2 is 1.32 bits per heavy atom. The minimum Gasteiger partial charge on any atom is -0.0888 e. The van der Waals surface area contributed by atoms with Crippen LogP contribution in [0.5, 0.6) is 0 Å². The van der Waals surface area contributed by atoms with Gasteiger partial charge in [-0.05, 0) is 38.0 Å². The molecule has 0 aromatic rings. The Morgan fingerprint density at radius 3 is 1.95 bits per heavy atom. The fraction of sp³-hybridized carbons (Fsp3) is 0.789. The van der Waals surface area contributed by atoms with Crippen LogP contribution in [0, 0.1) is 5.92 Å². The van der Waals surface area contributed by atoms with Gasteiger partial charge in [-0.3, -0.25) is 0 Å². The third-order valence-corrected chi connectivity index (χ3v) is 3.81. The third-order valence-electron chi connectivity index (χ3n) is 3.81. The molecule has 0 heterocycles. The van der Waals surface area contributed by atoms with E-state index in [1.807, 2.05) is 0 Å². The van der Waals surface area contributed by atoms with Crippen molar-refractivity contribution in [3.8, 4) is 0 Å². The van der Waals surface area contributed by atoms with Crippen molar-refractivity contribution in [1.29, 1.82) is 0 Å². The molecular formula is C19H36. The molecule has 0 rings (SSSR count). The molecule has 0 N–H and O–H groups in total. The van der Waals surface area contributed by atoms with Crippen molar-refractivity contribution in [3.63, 3.8) is 0 Å². The van der Waals surface area contributed by atoms with Crippen LogP contribution in [0.3, 0.4) is 0 Å². The van der Waals surface area contributed by atoms with E-state index in [0.717, 1.165) is 5.92 Å². The monoisotopic (exact) mass is 264 g/mol. The normalized spacial score (nSPS) is 13.6. The number of hydrogen-bond acceptors (Lipinski definition) is 0. The van der Waals surface area contributed by atoms with E-state index in [2.05, 4.69) is 45.1 Å². The fourth-order valence-corrected chi connectivity index (χ4v) is 2.33. The Hall–Kier alpha value is -0.520. The van der Waals surface area contributed by atoms with Crippen molar-refractivity contribution < 1.29 is 0 Å². The summed E-state index contributed by atoms with van der Waals surface area (Å²) in [5.41, 5.74) is 0. The van der Waals surface area contributed by atoms with Gasteiger partial charge in [-0.1, -0.05) is 83.6 Å². The predicted molar refractivity (Wildman–Crippen MR) is 89.6 cm³/mol. The zero-order valence-electron chi connectivity index (χ0n) is 13.7. The molecule has 0 amide bonds. The van der Waals surface area contributed by atoms with Crippen molar-refractivity contribution in [2.75, 3.05) is 0 Å². The first-order chi connectivity index (χ1) is 9.35. The Bertz CT molecular complexity index is 212. The first kappa shape index (κ1) is 18.5. The van der Waals surface area contributed by atoms with Crippen LogP contribution < -0.4 is 0 Å². The van der Waals surface area contributed by atoms with Gasteiger partial charge in [-0.25, -0.2) is 0 Å². The van der Waals surface area contributed by atoms with Crippen molar-refractivity contribution in [2.24, 2.45) is 5.92 Å². The molecule has 0 aliphatic heterocycles. The van der Waals surface area contributed by atoms with Crippen LogP contribution in [0.1, 0.15) is 91.4 Å². The average molecular weight is 264 g/mol. The number of unbranched alkanes of at least 4 members (excludes halogenated alkanes) is 6. The smallest absolute Gasteiger partial charge is 0.0319 e. The van der Waals surface area contributed by atoms with Gasteiger partial charge in [-0.2, -0.15) is 0 Å². The largest absolute Gasteiger partial charge is 0.0888 e. The van der Waals surface area contributed by atoms with E-state index in [0.29, 0.717) is 0 Å². The zero-order chi connectivity index (χ0) is 14.2. The van der Waals surface area contributed by atoms with Gasteiger partial charge in [0.1, 0.15) is 0 Å². The average Bonchev–Trinajstić information content (AvgIpc) is 2.43. The SMILES string of the molecule is CCC=CCC(CC)CC=CCCCCCCCC. The van der Waals surface area contributed by atoms with Crippen LogP contribution in [-0.2, 0) is 0 Å². The third kappa shape index (κ3) is 13.7. The highest BCUT2D eigenvalue weighted by atomic mass is 14.1. The number of hydrogen-bond donors (Lipinski definition) is 0. The fourth-order valence-electron chi connectivity index (χ4n) is 2.33. The van der Waals surface area contributed by atoms with Crippen molar-refractivity contribution >= 4 is 0 Å². The molecule has 1 unspecified atom stereocenters. The number of rotatable bonds is 13. The molecule has 0 aromatic heterocycles. The van der Waals surface area contributed by atoms with Gasteiger partial charge in [0.2, 0.25) is 0 Å². The summed E-state index contributed by atoms with van der Waals surface area (Å²) in [7, 11) is 0. The van der Waals surface area contributed by atoms with E-state index >= 15 is 0 Å². The summed E-state index contributed by atoms with van der Waals surface area (Å²) in [5, 5.41) is 0. The van der Waals surface area contributed by atoms with E-state index < -0.39 is 0 Å². The Labute approximate surface area is 122 Å². The van der Waals surface area contributed by atoms with E-state index in [4.69, 9.17) is 0 Å². The van der Waals surface area contributed by atoms with E-state index in [-0.39, 0.29) is 0 Å². The lowest BCUT2D eigenvalue weighted by atomic mass is 9.97. The predicted octanol–water partition coefficient (Wildman–Crippen LogP) is 7.07. The molecule has 0 bridgehead atoms. The Balaban J connectivity index is 3.46. The number of allylic oxidation sites excluding steroid dienone is 4. The maximum atomic E-state index is 2.42. The first-order valence-electron chi connectivity index (χ1n) is 8.65. The van der Waals surface area contributed by atoms with Crippen LogP contribution in [0.15, 0.2) is 24.3 Å². The van der Waals surface area contributed by atoms with Crippen molar-refractivity contribution in [2.45, 2.75) is 91.4 Å². The Morgan fingerprint density at radius 1 is 0.684 bits per heavy atom. The molecule has 0 saturated heterocycles. The molecule has 0 aromatic carbocycles. The molecule has 1 atom stereocenters. The second kappa shape index (κ2) is 15.5. The van der Waals surface area contributed by atoms with Gasteiger partial charge in [0, 0.05) is 0 Å². The van der Waals surface area contributed by atoms with Gasteiger partial charge >= 0.3 is 0 Å². The lowest BCUT2D eigenvalue weighted by molar-refractivity contribution is 0.522. The van der Waals surface area contributed by atoms with Crippen LogP contribution >= 0.6 is 0 Å².